The molecule has 3 rings (SSSR count). The first-order chi connectivity index (χ1) is 12.3. The van der Waals surface area contributed by atoms with E-state index >= 15 is 0 Å². The van der Waals surface area contributed by atoms with E-state index in [2.05, 4.69) is 11.0 Å². The van der Waals surface area contributed by atoms with Crippen LogP contribution in [0.3, 0.4) is 0 Å². The Balaban J connectivity index is 1.66. The van der Waals surface area contributed by atoms with Crippen LogP contribution in [0.4, 0.5) is 0 Å². The number of aliphatic hydroxyl groups excluding tert-OH is 1. The average Bonchev–Trinajstić information content (AvgIpc) is 3.04. The van der Waals surface area contributed by atoms with Crippen LogP contribution in [-0.4, -0.2) is 66.8 Å². The Bertz CT molecular complexity index is 556. The van der Waals surface area contributed by atoms with Gasteiger partial charge in [-0.2, -0.15) is 0 Å². The van der Waals surface area contributed by atoms with Gasteiger partial charge in [-0.3, -0.25) is 9.69 Å². The second kappa shape index (κ2) is 9.32. The fourth-order valence-electron chi connectivity index (χ4n) is 3.71. The number of ether oxygens (including phenoxy) is 1. The van der Waals surface area contributed by atoms with Crippen LogP contribution in [0.25, 0.3) is 0 Å². The summed E-state index contributed by atoms with van der Waals surface area (Å²) in [6, 6.07) is 8.03. The number of hydrogen-bond donors (Lipinski definition) is 1. The van der Waals surface area contributed by atoms with Gasteiger partial charge in [0.1, 0.15) is 0 Å². The quantitative estimate of drug-likeness (QED) is 0.908. The molecule has 2 fully saturated rings. The molecule has 2 saturated heterocycles. The number of nitrogens with zero attached hydrogens (tertiary/aromatic N) is 2. The lowest BCUT2D eigenvalue weighted by Crippen LogP contribution is -2.36. The SMILES string of the molecule is O=C(c1cccc(CN2CCCCCC2)c1)N1CCOC[C@@H](CO)C1. The molecule has 0 bridgehead atoms. The molecule has 0 aliphatic carbocycles. The number of carbonyl (C=O) groups is 1. The summed E-state index contributed by atoms with van der Waals surface area (Å²) in [5.74, 6) is 0.0494. The first-order valence-electron chi connectivity index (χ1n) is 9.55. The second-order valence-corrected chi connectivity index (χ2v) is 7.27. The van der Waals surface area contributed by atoms with Crippen LogP contribution in [0.15, 0.2) is 24.3 Å². The Morgan fingerprint density at radius 2 is 1.96 bits per heavy atom. The first kappa shape index (κ1) is 18.4. The molecular formula is C20H30N2O3. The van der Waals surface area contributed by atoms with Gasteiger partial charge < -0.3 is 14.7 Å². The van der Waals surface area contributed by atoms with Gasteiger partial charge in [-0.25, -0.2) is 0 Å². The van der Waals surface area contributed by atoms with Gasteiger partial charge in [-0.05, 0) is 43.6 Å². The molecule has 0 radical (unpaired) electrons. The van der Waals surface area contributed by atoms with Gasteiger partial charge in [0, 0.05) is 37.7 Å². The normalized spacial score (nSPS) is 23.1. The van der Waals surface area contributed by atoms with E-state index in [1.54, 1.807) is 0 Å². The molecule has 2 aliphatic heterocycles. The van der Waals surface area contributed by atoms with Crippen molar-refractivity contribution in [1.29, 1.82) is 0 Å². The van der Waals surface area contributed by atoms with Crippen molar-refractivity contribution in [1.82, 2.24) is 9.80 Å². The van der Waals surface area contributed by atoms with Crippen LogP contribution in [0.5, 0.6) is 0 Å². The van der Waals surface area contributed by atoms with Gasteiger partial charge >= 0.3 is 0 Å². The van der Waals surface area contributed by atoms with E-state index in [0.717, 1.165) is 25.2 Å². The lowest BCUT2D eigenvalue weighted by Gasteiger charge is -2.23. The van der Waals surface area contributed by atoms with E-state index in [-0.39, 0.29) is 18.4 Å². The van der Waals surface area contributed by atoms with Gasteiger partial charge in [0.05, 0.1) is 13.2 Å². The number of rotatable bonds is 4. The van der Waals surface area contributed by atoms with E-state index in [9.17, 15) is 9.90 Å². The Kier molecular flexibility index (Phi) is 6.84. The van der Waals surface area contributed by atoms with E-state index < -0.39 is 0 Å². The summed E-state index contributed by atoms with van der Waals surface area (Å²) < 4.78 is 5.49. The van der Waals surface area contributed by atoms with E-state index in [1.165, 1.54) is 31.2 Å². The predicted molar refractivity (Wildman–Crippen MR) is 97.5 cm³/mol. The Labute approximate surface area is 150 Å². The van der Waals surface area contributed by atoms with Crippen LogP contribution >= 0.6 is 0 Å². The van der Waals surface area contributed by atoms with E-state index in [4.69, 9.17) is 4.74 Å². The lowest BCUT2D eigenvalue weighted by atomic mass is 10.1. The summed E-state index contributed by atoms with van der Waals surface area (Å²) in [5.41, 5.74) is 1.95. The number of benzene rings is 1. The van der Waals surface area contributed by atoms with Gasteiger partial charge in [-0.15, -0.1) is 0 Å². The molecule has 1 aromatic rings. The van der Waals surface area contributed by atoms with Crippen molar-refractivity contribution in [2.45, 2.75) is 32.2 Å². The van der Waals surface area contributed by atoms with Gasteiger partial charge in [0.2, 0.25) is 0 Å². The monoisotopic (exact) mass is 346 g/mol. The highest BCUT2D eigenvalue weighted by Gasteiger charge is 2.23. The predicted octanol–water partition coefficient (Wildman–Crippen LogP) is 2.14. The Morgan fingerprint density at radius 3 is 2.72 bits per heavy atom. The standard InChI is InChI=1S/C20H30N2O3/c23-15-18-14-22(10-11-25-16-18)20(24)19-7-5-6-17(12-19)13-21-8-3-1-2-4-9-21/h5-7,12,18,23H,1-4,8-11,13-16H2/t18-/m1/s1. The Hall–Kier alpha value is -1.43. The fourth-order valence-corrected chi connectivity index (χ4v) is 3.71. The molecule has 5 nitrogen and oxygen atoms in total. The summed E-state index contributed by atoms with van der Waals surface area (Å²) in [6.45, 7) is 5.49. The van der Waals surface area contributed by atoms with Crippen molar-refractivity contribution >= 4 is 5.91 Å². The molecule has 0 aromatic heterocycles. The number of hydrogen-bond acceptors (Lipinski definition) is 4. The van der Waals surface area contributed by atoms with Crippen molar-refractivity contribution in [3.8, 4) is 0 Å². The molecule has 2 aliphatic rings. The van der Waals surface area contributed by atoms with Crippen LogP contribution in [0.1, 0.15) is 41.6 Å². The maximum atomic E-state index is 12.9. The van der Waals surface area contributed by atoms with Gasteiger partial charge in [0.25, 0.3) is 5.91 Å². The molecular weight excluding hydrogens is 316 g/mol. The van der Waals surface area contributed by atoms with Crippen LogP contribution in [-0.2, 0) is 11.3 Å². The van der Waals surface area contributed by atoms with Crippen LogP contribution < -0.4 is 0 Å². The number of aliphatic hydroxyl groups is 1. The fraction of sp³-hybridized carbons (Fsp3) is 0.650. The highest BCUT2D eigenvalue weighted by Crippen LogP contribution is 2.16. The Morgan fingerprint density at radius 1 is 1.16 bits per heavy atom. The minimum absolute atomic E-state index is 0.00623. The maximum Gasteiger partial charge on any atom is 0.253 e. The maximum absolute atomic E-state index is 12.9. The number of carbonyl (C=O) groups excluding carboxylic acids is 1. The lowest BCUT2D eigenvalue weighted by molar-refractivity contribution is 0.0728. The molecule has 1 amide bonds. The second-order valence-electron chi connectivity index (χ2n) is 7.27. The van der Waals surface area contributed by atoms with Gasteiger partial charge in [0.15, 0.2) is 0 Å². The number of amides is 1. The zero-order valence-corrected chi connectivity index (χ0v) is 15.0. The average molecular weight is 346 g/mol. The van der Waals surface area contributed by atoms with Crippen molar-refractivity contribution < 1.29 is 14.6 Å². The van der Waals surface area contributed by atoms with Crippen molar-refractivity contribution in [2.75, 3.05) is 46.0 Å². The number of likely N-dealkylation sites (tertiary alicyclic amines) is 1. The highest BCUT2D eigenvalue weighted by atomic mass is 16.5. The molecule has 25 heavy (non-hydrogen) atoms. The molecule has 1 atom stereocenters. The van der Waals surface area contributed by atoms with E-state index in [1.807, 2.05) is 23.1 Å². The third kappa shape index (κ3) is 5.27. The first-order valence-corrected chi connectivity index (χ1v) is 9.55. The van der Waals surface area contributed by atoms with Crippen LogP contribution in [0.2, 0.25) is 0 Å². The zero-order chi connectivity index (χ0) is 17.5. The van der Waals surface area contributed by atoms with Crippen LogP contribution in [0, 0.1) is 5.92 Å². The molecule has 1 N–H and O–H groups in total. The molecule has 1 aromatic carbocycles. The van der Waals surface area contributed by atoms with Crippen molar-refractivity contribution in [3.05, 3.63) is 35.4 Å². The third-order valence-corrected chi connectivity index (χ3v) is 5.16. The van der Waals surface area contributed by atoms with Gasteiger partial charge in [-0.1, -0.05) is 25.0 Å². The summed E-state index contributed by atoms with van der Waals surface area (Å²) in [5, 5.41) is 9.41. The molecule has 0 saturated carbocycles. The summed E-state index contributed by atoms with van der Waals surface area (Å²) in [4.78, 5) is 17.2. The molecule has 138 valence electrons. The summed E-state index contributed by atoms with van der Waals surface area (Å²) in [6.07, 6.45) is 5.21. The van der Waals surface area contributed by atoms with Crippen molar-refractivity contribution in [2.24, 2.45) is 5.92 Å². The minimum atomic E-state index is 0.00623. The molecule has 2 heterocycles. The van der Waals surface area contributed by atoms with Crippen molar-refractivity contribution in [3.63, 3.8) is 0 Å². The molecule has 0 unspecified atom stereocenters. The molecule has 0 spiro atoms. The smallest absolute Gasteiger partial charge is 0.253 e. The highest BCUT2D eigenvalue weighted by molar-refractivity contribution is 5.94. The third-order valence-electron chi connectivity index (χ3n) is 5.16. The summed E-state index contributed by atoms with van der Waals surface area (Å²) >= 11 is 0. The summed E-state index contributed by atoms with van der Waals surface area (Å²) in [7, 11) is 0. The van der Waals surface area contributed by atoms with E-state index in [0.29, 0.717) is 26.3 Å². The zero-order valence-electron chi connectivity index (χ0n) is 15.0. The minimum Gasteiger partial charge on any atom is -0.396 e. The largest absolute Gasteiger partial charge is 0.396 e. The molecule has 5 heteroatoms. The topological polar surface area (TPSA) is 53.0 Å².